The molecule has 0 amide bonds. The number of aryl methyl sites for hydroxylation is 1. The van der Waals surface area contributed by atoms with Gasteiger partial charge in [0.05, 0.1) is 21.8 Å². The van der Waals surface area contributed by atoms with E-state index in [4.69, 9.17) is 11.0 Å². The van der Waals surface area contributed by atoms with Gasteiger partial charge in [-0.1, -0.05) is 25.2 Å². The van der Waals surface area contributed by atoms with Gasteiger partial charge in [-0.25, -0.2) is 4.98 Å². The maximum atomic E-state index is 9.15. The summed E-state index contributed by atoms with van der Waals surface area (Å²) in [6.45, 7) is 6.13. The van der Waals surface area contributed by atoms with Crippen LogP contribution in [0.25, 0.3) is 10.2 Å². The first-order valence-corrected chi connectivity index (χ1v) is 5.95. The number of anilines is 1. The average Bonchev–Trinajstić information content (AvgIpc) is 2.58. The highest BCUT2D eigenvalue weighted by molar-refractivity contribution is 7.22. The van der Waals surface area contributed by atoms with Crippen molar-refractivity contribution in [3.63, 3.8) is 0 Å². The largest absolute Gasteiger partial charge is 0.375 e. The van der Waals surface area contributed by atoms with Crippen molar-refractivity contribution >= 4 is 26.7 Å². The second kappa shape index (κ2) is 3.76. The Morgan fingerprint density at radius 2 is 2.19 bits per heavy atom. The predicted molar refractivity (Wildman–Crippen MR) is 67.6 cm³/mol. The molecule has 0 atom stereocenters. The molecule has 1 heterocycles. The van der Waals surface area contributed by atoms with Crippen LogP contribution in [0, 0.1) is 18.3 Å². The van der Waals surface area contributed by atoms with Crippen LogP contribution in [0.2, 0.25) is 0 Å². The number of rotatable bonds is 1. The smallest absolute Gasteiger partial charge is 0.181 e. The Balaban J connectivity index is 2.93. The number of nitrogens with two attached hydrogens (primary N) is 1. The summed E-state index contributed by atoms with van der Waals surface area (Å²) in [7, 11) is 0. The fraction of sp³-hybridized carbons (Fsp3) is 0.333. The van der Waals surface area contributed by atoms with Crippen LogP contribution in [0.4, 0.5) is 5.13 Å². The lowest BCUT2D eigenvalue weighted by Gasteiger charge is -2.09. The summed E-state index contributed by atoms with van der Waals surface area (Å²) in [6.07, 6.45) is 0. The number of aromatic nitrogens is 1. The van der Waals surface area contributed by atoms with Gasteiger partial charge < -0.3 is 5.73 Å². The van der Waals surface area contributed by atoms with E-state index in [-0.39, 0.29) is 5.92 Å². The first-order chi connectivity index (χ1) is 7.54. The molecule has 0 aliphatic carbocycles. The summed E-state index contributed by atoms with van der Waals surface area (Å²) >= 11 is 1.49. The summed E-state index contributed by atoms with van der Waals surface area (Å²) < 4.78 is 1.10. The standard InChI is InChI=1S/C12H13N3S/c1-6(2)9-8(5-13)4-7(3)11-10(9)15-12(14)16-11/h4,6H,1-3H3,(H2,14,15). The lowest BCUT2D eigenvalue weighted by Crippen LogP contribution is -1.96. The SMILES string of the molecule is Cc1cc(C#N)c(C(C)C)c2nc(N)sc12. The molecule has 2 rings (SSSR count). The molecule has 4 heteroatoms. The van der Waals surface area contributed by atoms with Crippen LogP contribution in [0.15, 0.2) is 6.07 Å². The Hall–Kier alpha value is -1.60. The summed E-state index contributed by atoms with van der Waals surface area (Å²) in [5.74, 6) is 0.277. The molecule has 0 spiro atoms. The Kier molecular flexibility index (Phi) is 2.56. The number of thiazole rings is 1. The molecule has 0 aliphatic heterocycles. The van der Waals surface area contributed by atoms with Crippen LogP contribution in [-0.4, -0.2) is 4.98 Å². The van der Waals surface area contributed by atoms with Crippen LogP contribution in [-0.2, 0) is 0 Å². The average molecular weight is 231 g/mol. The molecule has 1 aromatic heterocycles. The summed E-state index contributed by atoms with van der Waals surface area (Å²) in [5.41, 5.74) is 9.44. The summed E-state index contributed by atoms with van der Waals surface area (Å²) in [4.78, 5) is 4.35. The zero-order chi connectivity index (χ0) is 11.9. The Morgan fingerprint density at radius 1 is 1.50 bits per heavy atom. The van der Waals surface area contributed by atoms with Crippen molar-refractivity contribution in [3.8, 4) is 6.07 Å². The molecular formula is C12H13N3S. The number of nitrogens with zero attached hydrogens (tertiary/aromatic N) is 2. The van der Waals surface area contributed by atoms with Crippen LogP contribution in [0.3, 0.4) is 0 Å². The summed E-state index contributed by atoms with van der Waals surface area (Å²) in [5, 5.41) is 9.72. The van der Waals surface area contributed by atoms with Gasteiger partial charge in [0.1, 0.15) is 0 Å². The van der Waals surface area contributed by atoms with Gasteiger partial charge in [-0.15, -0.1) is 0 Å². The highest BCUT2D eigenvalue weighted by Gasteiger charge is 2.16. The molecule has 2 N–H and O–H groups in total. The first-order valence-electron chi connectivity index (χ1n) is 5.14. The molecule has 0 aliphatic rings. The van der Waals surface area contributed by atoms with E-state index in [1.807, 2.05) is 13.0 Å². The third kappa shape index (κ3) is 1.54. The van der Waals surface area contributed by atoms with Crippen molar-refractivity contribution in [1.82, 2.24) is 4.98 Å². The maximum absolute atomic E-state index is 9.15. The van der Waals surface area contributed by atoms with Gasteiger partial charge in [-0.05, 0) is 30.0 Å². The lowest BCUT2D eigenvalue weighted by molar-refractivity contribution is 0.869. The molecule has 0 bridgehead atoms. The van der Waals surface area contributed by atoms with Crippen molar-refractivity contribution in [2.45, 2.75) is 26.7 Å². The van der Waals surface area contributed by atoms with Crippen molar-refractivity contribution in [2.75, 3.05) is 5.73 Å². The molecule has 0 unspecified atom stereocenters. The Bertz CT molecular complexity index is 590. The number of nitriles is 1. The fourth-order valence-corrected chi connectivity index (χ4v) is 2.77. The van der Waals surface area contributed by atoms with Gasteiger partial charge in [0.15, 0.2) is 5.13 Å². The zero-order valence-corrected chi connectivity index (χ0v) is 10.4. The van der Waals surface area contributed by atoms with Crippen molar-refractivity contribution in [1.29, 1.82) is 5.26 Å². The molecule has 0 saturated heterocycles. The molecule has 3 nitrogen and oxygen atoms in total. The Morgan fingerprint density at radius 3 is 2.75 bits per heavy atom. The molecule has 1 aromatic carbocycles. The third-order valence-electron chi connectivity index (χ3n) is 2.61. The van der Waals surface area contributed by atoms with Gasteiger partial charge >= 0.3 is 0 Å². The van der Waals surface area contributed by atoms with Gasteiger partial charge in [0, 0.05) is 0 Å². The van der Waals surface area contributed by atoms with E-state index >= 15 is 0 Å². The van der Waals surface area contributed by atoms with Crippen molar-refractivity contribution in [2.24, 2.45) is 0 Å². The predicted octanol–water partition coefficient (Wildman–Crippen LogP) is 3.18. The zero-order valence-electron chi connectivity index (χ0n) is 9.53. The highest BCUT2D eigenvalue weighted by Crippen LogP contribution is 2.35. The second-order valence-electron chi connectivity index (χ2n) is 4.15. The molecule has 0 radical (unpaired) electrons. The first kappa shape index (κ1) is 10.9. The van der Waals surface area contributed by atoms with Crippen molar-refractivity contribution in [3.05, 3.63) is 22.8 Å². The Labute approximate surface area is 98.5 Å². The molecule has 82 valence electrons. The van der Waals surface area contributed by atoms with Gasteiger partial charge in [0.25, 0.3) is 0 Å². The molecule has 2 aromatic rings. The third-order valence-corrected chi connectivity index (χ3v) is 3.63. The van der Waals surface area contributed by atoms with Gasteiger partial charge in [-0.2, -0.15) is 5.26 Å². The van der Waals surface area contributed by atoms with Crippen LogP contribution in [0.5, 0.6) is 0 Å². The quantitative estimate of drug-likeness (QED) is 0.819. The maximum Gasteiger partial charge on any atom is 0.181 e. The molecule has 16 heavy (non-hydrogen) atoms. The van der Waals surface area contributed by atoms with E-state index in [0.717, 1.165) is 21.3 Å². The van der Waals surface area contributed by atoms with E-state index in [0.29, 0.717) is 10.7 Å². The molecular weight excluding hydrogens is 218 g/mol. The fourth-order valence-electron chi connectivity index (χ4n) is 1.95. The minimum atomic E-state index is 0.277. The van der Waals surface area contributed by atoms with E-state index < -0.39 is 0 Å². The number of nitrogen functional groups attached to an aromatic ring is 1. The second-order valence-corrected chi connectivity index (χ2v) is 5.18. The van der Waals surface area contributed by atoms with E-state index in [1.54, 1.807) is 0 Å². The number of hydrogen-bond donors (Lipinski definition) is 1. The van der Waals surface area contributed by atoms with E-state index in [9.17, 15) is 0 Å². The van der Waals surface area contributed by atoms with Crippen LogP contribution >= 0.6 is 11.3 Å². The number of benzene rings is 1. The monoisotopic (exact) mass is 231 g/mol. The topological polar surface area (TPSA) is 62.7 Å². The van der Waals surface area contributed by atoms with E-state index in [1.165, 1.54) is 11.3 Å². The number of hydrogen-bond acceptors (Lipinski definition) is 4. The minimum absolute atomic E-state index is 0.277. The lowest BCUT2D eigenvalue weighted by atomic mass is 9.95. The van der Waals surface area contributed by atoms with Gasteiger partial charge in [-0.3, -0.25) is 0 Å². The highest BCUT2D eigenvalue weighted by atomic mass is 32.1. The summed E-state index contributed by atoms with van der Waals surface area (Å²) in [6, 6.07) is 4.17. The van der Waals surface area contributed by atoms with Crippen LogP contribution in [0.1, 0.15) is 36.5 Å². The normalized spacial score (nSPS) is 10.9. The van der Waals surface area contributed by atoms with Crippen LogP contribution < -0.4 is 5.73 Å². The van der Waals surface area contributed by atoms with Gasteiger partial charge in [0.2, 0.25) is 0 Å². The molecule has 0 fully saturated rings. The van der Waals surface area contributed by atoms with E-state index in [2.05, 4.69) is 24.9 Å². The minimum Gasteiger partial charge on any atom is -0.375 e. The van der Waals surface area contributed by atoms with Crippen molar-refractivity contribution < 1.29 is 0 Å². The molecule has 0 saturated carbocycles. The number of fused-ring (bicyclic) bond motifs is 1.